The molecule has 2 rings (SSSR count). The van der Waals surface area contributed by atoms with Crippen LogP contribution in [0.2, 0.25) is 0 Å². The van der Waals surface area contributed by atoms with E-state index in [1.165, 1.54) is 17.4 Å². The lowest BCUT2D eigenvalue weighted by Crippen LogP contribution is -2.41. The molecule has 0 unspecified atom stereocenters. The second kappa shape index (κ2) is 7.92. The van der Waals surface area contributed by atoms with Crippen LogP contribution in [0.1, 0.15) is 17.5 Å². The van der Waals surface area contributed by atoms with Gasteiger partial charge < -0.3 is 15.0 Å². The van der Waals surface area contributed by atoms with Gasteiger partial charge in [0, 0.05) is 11.9 Å². The van der Waals surface area contributed by atoms with E-state index in [0.717, 1.165) is 10.6 Å². The average Bonchev–Trinajstić information content (AvgIpc) is 2.92. The van der Waals surface area contributed by atoms with Crippen molar-refractivity contribution in [1.82, 2.24) is 15.2 Å². The Balaban J connectivity index is 1.79. The van der Waals surface area contributed by atoms with Crippen molar-refractivity contribution in [3.63, 3.8) is 0 Å². The molecule has 0 saturated carbocycles. The van der Waals surface area contributed by atoms with Gasteiger partial charge in [-0.15, -0.1) is 11.3 Å². The number of halogens is 1. The molecular formula is C16H20FN3O2S. The van der Waals surface area contributed by atoms with E-state index >= 15 is 0 Å². The van der Waals surface area contributed by atoms with Gasteiger partial charge >= 0.3 is 6.03 Å². The van der Waals surface area contributed by atoms with Crippen molar-refractivity contribution in [2.75, 3.05) is 13.6 Å². The predicted molar refractivity (Wildman–Crippen MR) is 88.2 cm³/mol. The van der Waals surface area contributed by atoms with Crippen molar-refractivity contribution < 1.29 is 13.9 Å². The van der Waals surface area contributed by atoms with E-state index in [9.17, 15) is 9.18 Å². The topological polar surface area (TPSA) is 54.5 Å². The maximum absolute atomic E-state index is 13.5. The quantitative estimate of drug-likeness (QED) is 0.881. The fourth-order valence-electron chi connectivity index (χ4n) is 1.93. The maximum Gasteiger partial charge on any atom is 0.317 e. The standard InChI is InChI=1S/C16H20FN3O2S/c1-11(22-14-7-5-4-6-13(14)17)8-18-16(21)20(3)9-15-12(2)19-10-23-15/h4-7,10-11H,8-9H2,1-3H3,(H,18,21)/t11-/m0/s1. The first-order valence-corrected chi connectivity index (χ1v) is 8.14. The number of rotatable bonds is 6. The summed E-state index contributed by atoms with van der Waals surface area (Å²) in [5.74, 6) is -0.230. The van der Waals surface area contributed by atoms with Crippen LogP contribution in [0.15, 0.2) is 29.8 Å². The Kier molecular flexibility index (Phi) is 5.92. The third-order valence-corrected chi connectivity index (χ3v) is 4.20. The number of para-hydroxylation sites is 1. The number of thiazole rings is 1. The van der Waals surface area contributed by atoms with E-state index in [1.807, 2.05) is 6.92 Å². The zero-order chi connectivity index (χ0) is 16.8. The predicted octanol–water partition coefficient (Wildman–Crippen LogP) is 3.20. The molecule has 2 aromatic rings. The Morgan fingerprint density at radius 1 is 1.48 bits per heavy atom. The van der Waals surface area contributed by atoms with Crippen molar-refractivity contribution in [2.24, 2.45) is 0 Å². The van der Waals surface area contributed by atoms with Gasteiger partial charge in [0.1, 0.15) is 6.10 Å². The second-order valence-corrected chi connectivity index (χ2v) is 6.20. The van der Waals surface area contributed by atoms with Crippen LogP contribution in [0.5, 0.6) is 5.75 Å². The van der Waals surface area contributed by atoms with E-state index in [4.69, 9.17) is 4.74 Å². The second-order valence-electron chi connectivity index (χ2n) is 5.26. The Morgan fingerprint density at radius 2 is 2.22 bits per heavy atom. The van der Waals surface area contributed by atoms with Crippen molar-refractivity contribution in [2.45, 2.75) is 26.5 Å². The van der Waals surface area contributed by atoms with Gasteiger partial charge in [-0.3, -0.25) is 0 Å². The highest BCUT2D eigenvalue weighted by Crippen LogP contribution is 2.17. The van der Waals surface area contributed by atoms with Gasteiger partial charge in [-0.2, -0.15) is 0 Å². The fraction of sp³-hybridized carbons (Fsp3) is 0.375. The molecule has 2 amide bonds. The highest BCUT2D eigenvalue weighted by molar-refractivity contribution is 7.09. The number of ether oxygens (including phenoxy) is 1. The molecule has 0 radical (unpaired) electrons. The summed E-state index contributed by atoms with van der Waals surface area (Å²) in [6, 6.07) is 6.00. The molecule has 0 saturated heterocycles. The first-order chi connectivity index (χ1) is 11.0. The average molecular weight is 337 g/mol. The van der Waals surface area contributed by atoms with Crippen LogP contribution >= 0.6 is 11.3 Å². The largest absolute Gasteiger partial charge is 0.486 e. The normalized spacial score (nSPS) is 11.8. The summed E-state index contributed by atoms with van der Waals surface area (Å²) in [6.07, 6.45) is -0.339. The lowest BCUT2D eigenvalue weighted by Gasteiger charge is -2.20. The highest BCUT2D eigenvalue weighted by atomic mass is 32.1. The summed E-state index contributed by atoms with van der Waals surface area (Å²) in [7, 11) is 1.72. The summed E-state index contributed by atoms with van der Waals surface area (Å²) >= 11 is 1.52. The molecule has 1 heterocycles. The lowest BCUT2D eigenvalue weighted by atomic mass is 10.3. The number of amides is 2. The number of benzene rings is 1. The first-order valence-electron chi connectivity index (χ1n) is 7.26. The summed E-state index contributed by atoms with van der Waals surface area (Å²) in [5.41, 5.74) is 2.70. The monoisotopic (exact) mass is 337 g/mol. The number of hydrogen-bond acceptors (Lipinski definition) is 4. The summed E-state index contributed by atoms with van der Waals surface area (Å²) in [4.78, 5) is 18.9. The minimum Gasteiger partial charge on any atom is -0.486 e. The molecule has 1 aromatic carbocycles. The number of aryl methyl sites for hydroxylation is 1. The maximum atomic E-state index is 13.5. The fourth-order valence-corrected chi connectivity index (χ4v) is 2.76. The van der Waals surface area contributed by atoms with Crippen LogP contribution in [-0.2, 0) is 6.54 Å². The Morgan fingerprint density at radius 3 is 2.87 bits per heavy atom. The van der Waals surface area contributed by atoms with E-state index in [1.54, 1.807) is 42.6 Å². The molecule has 1 atom stereocenters. The van der Waals surface area contributed by atoms with Gasteiger partial charge in [-0.25, -0.2) is 14.2 Å². The Hall–Kier alpha value is -2.15. The molecule has 1 N–H and O–H groups in total. The number of hydrogen-bond donors (Lipinski definition) is 1. The molecular weight excluding hydrogens is 317 g/mol. The van der Waals surface area contributed by atoms with Crippen molar-refractivity contribution in [3.05, 3.63) is 46.2 Å². The zero-order valence-corrected chi connectivity index (χ0v) is 14.2. The zero-order valence-electron chi connectivity index (χ0n) is 13.4. The van der Waals surface area contributed by atoms with E-state index < -0.39 is 5.82 Å². The third-order valence-electron chi connectivity index (χ3n) is 3.28. The number of carbonyl (C=O) groups excluding carboxylic acids is 1. The van der Waals surface area contributed by atoms with Crippen LogP contribution in [0.3, 0.4) is 0 Å². The van der Waals surface area contributed by atoms with Gasteiger partial charge in [0.2, 0.25) is 0 Å². The first kappa shape index (κ1) is 17.2. The van der Waals surface area contributed by atoms with Crippen molar-refractivity contribution in [3.8, 4) is 5.75 Å². The number of urea groups is 1. The van der Waals surface area contributed by atoms with Crippen LogP contribution < -0.4 is 10.1 Å². The van der Waals surface area contributed by atoms with Crippen LogP contribution in [0.25, 0.3) is 0 Å². The molecule has 124 valence electrons. The molecule has 0 aliphatic heterocycles. The summed E-state index contributed by atoms with van der Waals surface area (Å²) < 4.78 is 19.0. The van der Waals surface area contributed by atoms with E-state index in [0.29, 0.717) is 13.1 Å². The van der Waals surface area contributed by atoms with E-state index in [2.05, 4.69) is 10.3 Å². The highest BCUT2D eigenvalue weighted by Gasteiger charge is 2.14. The molecule has 0 bridgehead atoms. The Labute approximate surface area is 139 Å². The third kappa shape index (κ3) is 4.92. The van der Waals surface area contributed by atoms with Gasteiger partial charge in [-0.05, 0) is 26.0 Å². The summed E-state index contributed by atoms with van der Waals surface area (Å²) in [6.45, 7) is 4.49. The molecule has 5 nitrogen and oxygen atoms in total. The van der Waals surface area contributed by atoms with Crippen molar-refractivity contribution >= 4 is 17.4 Å². The van der Waals surface area contributed by atoms with Gasteiger partial charge in [-0.1, -0.05) is 12.1 Å². The molecule has 23 heavy (non-hydrogen) atoms. The van der Waals surface area contributed by atoms with Crippen LogP contribution in [0, 0.1) is 12.7 Å². The SMILES string of the molecule is Cc1ncsc1CN(C)C(=O)NC[C@H](C)Oc1ccccc1F. The smallest absolute Gasteiger partial charge is 0.317 e. The Bertz CT molecular complexity index is 662. The molecule has 0 aliphatic carbocycles. The van der Waals surface area contributed by atoms with Crippen LogP contribution in [-0.4, -0.2) is 35.6 Å². The van der Waals surface area contributed by atoms with Gasteiger partial charge in [0.05, 0.1) is 24.3 Å². The van der Waals surface area contributed by atoms with Crippen LogP contribution in [0.4, 0.5) is 9.18 Å². The number of nitrogens with zero attached hydrogens (tertiary/aromatic N) is 2. The number of carbonyl (C=O) groups is 1. The van der Waals surface area contributed by atoms with E-state index in [-0.39, 0.29) is 17.9 Å². The molecule has 0 aliphatic rings. The molecule has 0 fully saturated rings. The van der Waals surface area contributed by atoms with Crippen molar-refractivity contribution in [1.29, 1.82) is 0 Å². The van der Waals surface area contributed by atoms with Gasteiger partial charge in [0.15, 0.2) is 11.6 Å². The minimum absolute atomic E-state index is 0.183. The minimum atomic E-state index is -0.413. The molecule has 0 spiro atoms. The lowest BCUT2D eigenvalue weighted by molar-refractivity contribution is 0.185. The molecule has 7 heteroatoms. The number of aromatic nitrogens is 1. The summed E-state index contributed by atoms with van der Waals surface area (Å²) in [5, 5.41) is 2.78. The molecule has 1 aromatic heterocycles. The van der Waals surface area contributed by atoms with Gasteiger partial charge in [0.25, 0.3) is 0 Å². The number of nitrogens with one attached hydrogen (secondary N) is 1.